The molecule has 0 radical (unpaired) electrons. The number of hydrogen-bond acceptors (Lipinski definition) is 5. The van der Waals surface area contributed by atoms with Gasteiger partial charge in [0.1, 0.15) is 6.04 Å². The van der Waals surface area contributed by atoms with Crippen molar-refractivity contribution in [2.24, 2.45) is 11.8 Å². The average molecular weight is 574 g/mol. The number of benzene rings is 1. The van der Waals surface area contributed by atoms with Gasteiger partial charge in [0.2, 0.25) is 17.7 Å². The Morgan fingerprint density at radius 2 is 1.56 bits per heavy atom. The van der Waals surface area contributed by atoms with Gasteiger partial charge in [0.15, 0.2) is 0 Å². The topological polar surface area (TPSA) is 110 Å². The van der Waals surface area contributed by atoms with Crippen molar-refractivity contribution in [2.75, 3.05) is 46.8 Å². The van der Waals surface area contributed by atoms with Gasteiger partial charge >= 0.3 is 6.18 Å². The fourth-order valence-corrected chi connectivity index (χ4v) is 7.11. The smallest absolute Gasteiger partial charge is 0.350 e. The maximum atomic E-state index is 13.4. The van der Waals surface area contributed by atoms with E-state index in [1.54, 1.807) is 14.1 Å². The van der Waals surface area contributed by atoms with Gasteiger partial charge in [0.05, 0.1) is 17.4 Å². The quantitative estimate of drug-likeness (QED) is 0.529. The van der Waals surface area contributed by atoms with E-state index in [1.807, 2.05) is 0 Å². The molecular formula is C25H34F3N5O5S. The van der Waals surface area contributed by atoms with Crippen molar-refractivity contribution in [3.8, 4) is 0 Å². The number of amides is 3. The molecule has 3 fully saturated rings. The molecule has 3 aliphatic rings. The van der Waals surface area contributed by atoms with Crippen LogP contribution in [0.4, 0.5) is 13.2 Å². The van der Waals surface area contributed by atoms with Crippen LogP contribution in [0.5, 0.6) is 0 Å². The van der Waals surface area contributed by atoms with Gasteiger partial charge in [0, 0.05) is 53.4 Å². The van der Waals surface area contributed by atoms with Crippen LogP contribution in [0.15, 0.2) is 24.3 Å². The molecule has 10 nitrogen and oxygen atoms in total. The molecule has 39 heavy (non-hydrogen) atoms. The number of nitrogens with one attached hydrogen (secondary N) is 1. The molecule has 0 saturated carbocycles. The van der Waals surface area contributed by atoms with Crippen LogP contribution in [-0.2, 0) is 37.3 Å². The van der Waals surface area contributed by atoms with Crippen molar-refractivity contribution >= 4 is 27.9 Å². The highest BCUT2D eigenvalue weighted by Gasteiger charge is 2.45. The fraction of sp³-hybridized carbons (Fsp3) is 0.640. The Hall–Kier alpha value is -2.71. The molecule has 4 rings (SSSR count). The third-order valence-corrected chi connectivity index (χ3v) is 9.55. The normalized spacial score (nSPS) is 23.4. The first kappa shape index (κ1) is 29.3. The molecule has 0 bridgehead atoms. The zero-order valence-electron chi connectivity index (χ0n) is 22.0. The molecule has 14 heteroatoms. The molecule has 0 spiro atoms. The molecule has 0 unspecified atom stereocenters. The highest BCUT2D eigenvalue weighted by Crippen LogP contribution is 2.31. The Labute approximate surface area is 226 Å². The number of carbonyl (C=O) groups is 3. The summed E-state index contributed by atoms with van der Waals surface area (Å²) in [7, 11) is -0.561. The maximum Gasteiger partial charge on any atom is 0.416 e. The van der Waals surface area contributed by atoms with Crippen LogP contribution in [-0.4, -0.2) is 97.4 Å². The lowest BCUT2D eigenvalue weighted by Gasteiger charge is -2.42. The van der Waals surface area contributed by atoms with E-state index in [0.717, 1.165) is 12.1 Å². The summed E-state index contributed by atoms with van der Waals surface area (Å²) in [6.07, 6.45) is -2.36. The summed E-state index contributed by atoms with van der Waals surface area (Å²) in [5.74, 6) is -1.74. The fourth-order valence-electron chi connectivity index (χ4n) is 5.32. The van der Waals surface area contributed by atoms with E-state index >= 15 is 0 Å². The van der Waals surface area contributed by atoms with Crippen molar-refractivity contribution in [1.82, 2.24) is 23.7 Å². The molecule has 0 aliphatic carbocycles. The number of piperidine rings is 1. The minimum atomic E-state index is -4.44. The molecule has 3 aliphatic heterocycles. The van der Waals surface area contributed by atoms with Gasteiger partial charge in [-0.25, -0.2) is 0 Å². The number of nitrogens with zero attached hydrogens (tertiary/aromatic N) is 4. The zero-order valence-corrected chi connectivity index (χ0v) is 22.8. The summed E-state index contributed by atoms with van der Waals surface area (Å²) >= 11 is 0. The van der Waals surface area contributed by atoms with Gasteiger partial charge in [-0.1, -0.05) is 12.1 Å². The minimum absolute atomic E-state index is 0.0142. The molecular weight excluding hydrogens is 539 g/mol. The first-order valence-corrected chi connectivity index (χ1v) is 14.4. The highest BCUT2D eigenvalue weighted by atomic mass is 32.2. The number of alkyl halides is 3. The van der Waals surface area contributed by atoms with Gasteiger partial charge < -0.3 is 15.1 Å². The van der Waals surface area contributed by atoms with E-state index in [9.17, 15) is 36.0 Å². The SMILES string of the molecule is CN(C)C(=O)C1CN(S(=O)(=O)N2CCC[C@H](C(=O)N3CCC[C@@H]3C(=O)NCc3ccc(C(F)(F)F)cc3)C2)C1. The predicted molar refractivity (Wildman–Crippen MR) is 135 cm³/mol. The second-order valence-corrected chi connectivity index (χ2v) is 12.5. The summed E-state index contributed by atoms with van der Waals surface area (Å²) in [4.78, 5) is 41.4. The third-order valence-electron chi connectivity index (χ3n) is 7.61. The number of halogens is 3. The third kappa shape index (κ3) is 6.38. The first-order valence-electron chi connectivity index (χ1n) is 13.0. The summed E-state index contributed by atoms with van der Waals surface area (Å²) < 4.78 is 67.2. The molecule has 3 amide bonds. The molecule has 0 aromatic heterocycles. The minimum Gasteiger partial charge on any atom is -0.350 e. The second kappa shape index (κ2) is 11.4. The van der Waals surface area contributed by atoms with E-state index in [1.165, 1.54) is 30.5 Å². The molecule has 3 saturated heterocycles. The van der Waals surface area contributed by atoms with E-state index in [-0.39, 0.29) is 50.5 Å². The van der Waals surface area contributed by atoms with Crippen LogP contribution >= 0.6 is 0 Å². The number of hydrogen-bond donors (Lipinski definition) is 1. The van der Waals surface area contributed by atoms with Crippen molar-refractivity contribution in [1.29, 1.82) is 0 Å². The van der Waals surface area contributed by atoms with Gasteiger partial charge in [-0.2, -0.15) is 30.2 Å². The van der Waals surface area contributed by atoms with Crippen LogP contribution in [0, 0.1) is 11.8 Å². The Morgan fingerprint density at radius 3 is 2.18 bits per heavy atom. The van der Waals surface area contributed by atoms with E-state index in [0.29, 0.717) is 37.8 Å². The van der Waals surface area contributed by atoms with Crippen molar-refractivity contribution in [3.05, 3.63) is 35.4 Å². The Bertz CT molecular complexity index is 1190. The van der Waals surface area contributed by atoms with Crippen molar-refractivity contribution in [3.63, 3.8) is 0 Å². The Kier molecular flexibility index (Phi) is 8.57. The summed E-state index contributed by atoms with van der Waals surface area (Å²) in [6.45, 7) is 0.925. The molecule has 1 N–H and O–H groups in total. The predicted octanol–water partition coefficient (Wildman–Crippen LogP) is 1.29. The highest BCUT2D eigenvalue weighted by molar-refractivity contribution is 7.86. The van der Waals surface area contributed by atoms with Crippen molar-refractivity contribution in [2.45, 2.75) is 44.4 Å². The van der Waals surface area contributed by atoms with E-state index in [2.05, 4.69) is 5.32 Å². The van der Waals surface area contributed by atoms with Crippen LogP contribution in [0.1, 0.15) is 36.8 Å². The molecule has 1 aromatic carbocycles. The lowest BCUT2D eigenvalue weighted by atomic mass is 9.97. The van der Waals surface area contributed by atoms with Gasteiger partial charge in [-0.15, -0.1) is 0 Å². The summed E-state index contributed by atoms with van der Waals surface area (Å²) in [5.41, 5.74) is -0.273. The van der Waals surface area contributed by atoms with Gasteiger partial charge in [-0.05, 0) is 43.4 Å². The number of carbonyl (C=O) groups excluding carboxylic acids is 3. The Morgan fingerprint density at radius 1 is 0.949 bits per heavy atom. The zero-order chi connectivity index (χ0) is 28.5. The van der Waals surface area contributed by atoms with Gasteiger partial charge in [0.25, 0.3) is 10.2 Å². The molecule has 2 atom stereocenters. The van der Waals surface area contributed by atoms with Crippen LogP contribution in [0.2, 0.25) is 0 Å². The lowest BCUT2D eigenvalue weighted by molar-refractivity contribution is -0.142. The van der Waals surface area contributed by atoms with Crippen LogP contribution in [0.3, 0.4) is 0 Å². The maximum absolute atomic E-state index is 13.4. The monoisotopic (exact) mass is 573 g/mol. The summed E-state index contributed by atoms with van der Waals surface area (Å²) in [5, 5.41) is 2.71. The Balaban J connectivity index is 1.33. The van der Waals surface area contributed by atoms with Crippen molar-refractivity contribution < 1.29 is 36.0 Å². The van der Waals surface area contributed by atoms with Crippen LogP contribution < -0.4 is 5.32 Å². The molecule has 216 valence electrons. The van der Waals surface area contributed by atoms with E-state index < -0.39 is 39.8 Å². The average Bonchev–Trinajstić information content (AvgIpc) is 3.35. The molecule has 3 heterocycles. The number of rotatable bonds is 7. The summed E-state index contributed by atoms with van der Waals surface area (Å²) in [6, 6.07) is 3.79. The molecule has 1 aromatic rings. The van der Waals surface area contributed by atoms with Crippen LogP contribution in [0.25, 0.3) is 0 Å². The standard InChI is InChI=1S/C25H34F3N5O5S/c1-30(2)23(35)19-15-32(16-19)39(37,38)31-11-3-5-18(14-31)24(36)33-12-4-6-21(33)22(34)29-13-17-7-9-20(10-8-17)25(26,27)28/h7-10,18-19,21H,3-6,11-16H2,1-2H3,(H,29,34)/t18-,21+/m0/s1. The number of likely N-dealkylation sites (tertiary alicyclic amines) is 1. The lowest BCUT2D eigenvalue weighted by Crippen LogP contribution is -2.60. The van der Waals surface area contributed by atoms with Gasteiger partial charge in [-0.3, -0.25) is 14.4 Å². The largest absolute Gasteiger partial charge is 0.416 e. The first-order chi connectivity index (χ1) is 18.3. The second-order valence-electron chi connectivity index (χ2n) is 10.6. The van der Waals surface area contributed by atoms with E-state index in [4.69, 9.17) is 0 Å².